The molecule has 1 aromatic heterocycles. The summed E-state index contributed by atoms with van der Waals surface area (Å²) in [5.74, 6) is 1.75. The number of nitrogens with zero attached hydrogens (tertiary/aromatic N) is 2. The molecule has 1 aliphatic heterocycles. The first kappa shape index (κ1) is 11.3. The molecule has 0 amide bonds. The Kier molecular flexibility index (Phi) is 2.78. The van der Waals surface area contributed by atoms with Gasteiger partial charge in [-0.2, -0.15) is 4.98 Å². The fraction of sp³-hybridized carbons (Fsp3) is 0.429. The van der Waals surface area contributed by atoms with E-state index in [4.69, 9.17) is 4.52 Å². The molecule has 94 valence electrons. The van der Waals surface area contributed by atoms with E-state index in [0.717, 1.165) is 30.8 Å². The molecule has 0 saturated carbocycles. The lowest BCUT2D eigenvalue weighted by Gasteiger charge is -2.01. The van der Waals surface area contributed by atoms with Crippen LogP contribution >= 0.6 is 0 Å². The van der Waals surface area contributed by atoms with Crippen LogP contribution in [0.1, 0.15) is 37.6 Å². The number of fused-ring (bicyclic) bond motifs is 1. The van der Waals surface area contributed by atoms with Crippen LogP contribution in [0.4, 0.5) is 5.69 Å². The molecule has 1 N–H and O–H groups in total. The molecule has 0 radical (unpaired) electrons. The Morgan fingerprint density at radius 3 is 3.17 bits per heavy atom. The summed E-state index contributed by atoms with van der Waals surface area (Å²) in [6, 6.07) is 6.29. The summed E-state index contributed by atoms with van der Waals surface area (Å²) in [6.45, 7) is 5.25. The molecule has 3 rings (SSSR count). The third-order valence-electron chi connectivity index (χ3n) is 3.56. The van der Waals surface area contributed by atoms with Gasteiger partial charge in [-0.25, -0.2) is 0 Å². The highest BCUT2D eigenvalue weighted by Gasteiger charge is 2.16. The summed E-state index contributed by atoms with van der Waals surface area (Å²) in [5.41, 5.74) is 3.54. The van der Waals surface area contributed by atoms with Crippen molar-refractivity contribution in [2.75, 3.05) is 11.9 Å². The van der Waals surface area contributed by atoms with Crippen LogP contribution in [0, 0.1) is 0 Å². The fourth-order valence-electron chi connectivity index (χ4n) is 2.16. The Hall–Kier alpha value is -1.84. The largest absolute Gasteiger partial charge is 0.384 e. The maximum atomic E-state index is 5.34. The van der Waals surface area contributed by atoms with Gasteiger partial charge in [0.25, 0.3) is 5.89 Å². The van der Waals surface area contributed by atoms with Gasteiger partial charge in [0.2, 0.25) is 0 Å². The summed E-state index contributed by atoms with van der Waals surface area (Å²) in [7, 11) is 0. The van der Waals surface area contributed by atoms with Gasteiger partial charge in [0, 0.05) is 23.7 Å². The molecule has 0 bridgehead atoms. The molecule has 0 fully saturated rings. The predicted octanol–water partition coefficient (Wildman–Crippen LogP) is 3.22. The standard InChI is InChI=1S/C14H17N3O/c1-3-9(2)13-16-14(18-17-13)11-5-4-10-6-7-15-12(10)8-11/h4-5,8-9,15H,3,6-7H2,1-2H3. The smallest absolute Gasteiger partial charge is 0.258 e. The fourth-order valence-corrected chi connectivity index (χ4v) is 2.16. The average molecular weight is 243 g/mol. The lowest BCUT2D eigenvalue weighted by molar-refractivity contribution is 0.416. The molecule has 0 aliphatic carbocycles. The number of benzene rings is 1. The second-order valence-electron chi connectivity index (χ2n) is 4.82. The molecule has 2 heterocycles. The van der Waals surface area contributed by atoms with Crippen molar-refractivity contribution in [1.82, 2.24) is 10.1 Å². The Morgan fingerprint density at radius 2 is 2.33 bits per heavy atom. The summed E-state index contributed by atoms with van der Waals surface area (Å²) < 4.78 is 5.34. The van der Waals surface area contributed by atoms with Crippen LogP contribution in [-0.4, -0.2) is 16.7 Å². The maximum absolute atomic E-state index is 5.34. The second kappa shape index (κ2) is 4.44. The van der Waals surface area contributed by atoms with Crippen LogP contribution in [-0.2, 0) is 6.42 Å². The quantitative estimate of drug-likeness (QED) is 0.899. The van der Waals surface area contributed by atoms with Crippen LogP contribution in [0.15, 0.2) is 22.7 Å². The van der Waals surface area contributed by atoms with Crippen molar-refractivity contribution < 1.29 is 4.52 Å². The average Bonchev–Trinajstić information content (AvgIpc) is 3.05. The van der Waals surface area contributed by atoms with E-state index < -0.39 is 0 Å². The molecular formula is C14H17N3O. The number of anilines is 1. The summed E-state index contributed by atoms with van der Waals surface area (Å²) >= 11 is 0. The Morgan fingerprint density at radius 1 is 1.44 bits per heavy atom. The zero-order chi connectivity index (χ0) is 12.5. The van der Waals surface area contributed by atoms with Crippen LogP contribution in [0.2, 0.25) is 0 Å². The first-order chi connectivity index (χ1) is 8.78. The van der Waals surface area contributed by atoms with Gasteiger partial charge in [-0.15, -0.1) is 0 Å². The van der Waals surface area contributed by atoms with Gasteiger partial charge in [0.15, 0.2) is 5.82 Å². The molecule has 4 heteroatoms. The van der Waals surface area contributed by atoms with E-state index in [1.165, 1.54) is 11.3 Å². The molecule has 18 heavy (non-hydrogen) atoms. The molecule has 4 nitrogen and oxygen atoms in total. The van der Waals surface area contributed by atoms with E-state index >= 15 is 0 Å². The van der Waals surface area contributed by atoms with Gasteiger partial charge < -0.3 is 9.84 Å². The molecule has 1 aliphatic rings. The number of hydrogen-bond acceptors (Lipinski definition) is 4. The number of aromatic nitrogens is 2. The topological polar surface area (TPSA) is 51.0 Å². The van der Waals surface area contributed by atoms with Gasteiger partial charge >= 0.3 is 0 Å². The monoisotopic (exact) mass is 243 g/mol. The Labute approximate surface area is 106 Å². The van der Waals surface area contributed by atoms with Gasteiger partial charge in [0.05, 0.1) is 0 Å². The van der Waals surface area contributed by atoms with Gasteiger partial charge in [-0.1, -0.05) is 25.1 Å². The van der Waals surface area contributed by atoms with Crippen LogP contribution in [0.5, 0.6) is 0 Å². The first-order valence-corrected chi connectivity index (χ1v) is 6.48. The zero-order valence-corrected chi connectivity index (χ0v) is 10.7. The van der Waals surface area contributed by atoms with Crippen molar-refractivity contribution in [3.8, 4) is 11.5 Å². The van der Waals surface area contributed by atoms with E-state index in [0.29, 0.717) is 11.8 Å². The molecule has 1 aromatic carbocycles. The highest BCUT2D eigenvalue weighted by Crippen LogP contribution is 2.28. The maximum Gasteiger partial charge on any atom is 0.258 e. The van der Waals surface area contributed by atoms with E-state index in [1.807, 2.05) is 0 Å². The van der Waals surface area contributed by atoms with Crippen LogP contribution in [0.3, 0.4) is 0 Å². The van der Waals surface area contributed by atoms with Crippen molar-refractivity contribution in [3.63, 3.8) is 0 Å². The zero-order valence-electron chi connectivity index (χ0n) is 10.7. The van der Waals surface area contributed by atoms with Crippen molar-refractivity contribution >= 4 is 5.69 Å². The highest BCUT2D eigenvalue weighted by atomic mass is 16.5. The lowest BCUT2D eigenvalue weighted by atomic mass is 10.1. The first-order valence-electron chi connectivity index (χ1n) is 6.48. The van der Waals surface area contributed by atoms with Crippen LogP contribution < -0.4 is 5.32 Å². The normalized spacial score (nSPS) is 15.2. The Balaban J connectivity index is 1.92. The summed E-state index contributed by atoms with van der Waals surface area (Å²) in [4.78, 5) is 4.47. The van der Waals surface area contributed by atoms with Gasteiger partial charge in [-0.3, -0.25) is 0 Å². The van der Waals surface area contributed by atoms with Crippen molar-refractivity contribution in [2.45, 2.75) is 32.6 Å². The van der Waals surface area contributed by atoms with Crippen molar-refractivity contribution in [2.24, 2.45) is 0 Å². The third kappa shape index (κ3) is 1.88. The van der Waals surface area contributed by atoms with E-state index in [1.54, 1.807) is 0 Å². The van der Waals surface area contributed by atoms with E-state index in [-0.39, 0.29) is 0 Å². The highest BCUT2D eigenvalue weighted by molar-refractivity contribution is 5.66. The van der Waals surface area contributed by atoms with Crippen molar-refractivity contribution in [3.05, 3.63) is 29.6 Å². The van der Waals surface area contributed by atoms with Crippen molar-refractivity contribution in [1.29, 1.82) is 0 Å². The SMILES string of the molecule is CCC(C)c1noc(-c2ccc3c(c2)NCC3)n1. The molecule has 0 spiro atoms. The number of rotatable bonds is 3. The van der Waals surface area contributed by atoms with Gasteiger partial charge in [0.1, 0.15) is 0 Å². The minimum Gasteiger partial charge on any atom is -0.384 e. The lowest BCUT2D eigenvalue weighted by Crippen LogP contribution is -1.93. The predicted molar refractivity (Wildman–Crippen MR) is 70.6 cm³/mol. The molecular weight excluding hydrogens is 226 g/mol. The minimum absolute atomic E-state index is 0.343. The van der Waals surface area contributed by atoms with E-state index in [9.17, 15) is 0 Å². The molecule has 2 aromatic rings. The second-order valence-corrected chi connectivity index (χ2v) is 4.82. The Bertz CT molecular complexity index is 562. The van der Waals surface area contributed by atoms with Crippen LogP contribution in [0.25, 0.3) is 11.5 Å². The molecule has 1 atom stereocenters. The number of nitrogens with one attached hydrogen (secondary N) is 1. The number of hydrogen-bond donors (Lipinski definition) is 1. The molecule has 1 unspecified atom stereocenters. The van der Waals surface area contributed by atoms with E-state index in [2.05, 4.69) is 47.5 Å². The summed E-state index contributed by atoms with van der Waals surface area (Å²) in [5, 5.41) is 7.41. The minimum atomic E-state index is 0.343. The third-order valence-corrected chi connectivity index (χ3v) is 3.56. The summed E-state index contributed by atoms with van der Waals surface area (Å²) in [6.07, 6.45) is 2.11. The molecule has 0 saturated heterocycles. The van der Waals surface area contributed by atoms with Gasteiger partial charge in [-0.05, 0) is 30.5 Å².